The molecule has 0 aromatic carbocycles. The second-order valence-electron chi connectivity index (χ2n) is 5.05. The summed E-state index contributed by atoms with van der Waals surface area (Å²) < 4.78 is 25.3. The van der Waals surface area contributed by atoms with Crippen LogP contribution in [0.1, 0.15) is 20.3 Å². The number of nitrogens with one attached hydrogen (secondary N) is 1. The van der Waals surface area contributed by atoms with Gasteiger partial charge in [-0.1, -0.05) is 6.92 Å². The van der Waals surface area contributed by atoms with E-state index in [1.54, 1.807) is 0 Å². The molecular formula is C12H23N3O5S. The van der Waals surface area contributed by atoms with Crippen molar-refractivity contribution >= 4 is 21.9 Å². The molecule has 0 aromatic heterocycles. The van der Waals surface area contributed by atoms with Gasteiger partial charge < -0.3 is 10.4 Å². The fourth-order valence-corrected chi connectivity index (χ4v) is 3.39. The summed E-state index contributed by atoms with van der Waals surface area (Å²) in [6.45, 7) is 5.26. The smallest absolute Gasteiger partial charge is 0.323 e. The minimum absolute atomic E-state index is 0.0768. The number of amides is 1. The molecule has 1 rings (SSSR count). The number of hydrogen-bond acceptors (Lipinski definition) is 5. The lowest BCUT2D eigenvalue weighted by atomic mass is 10.3. The van der Waals surface area contributed by atoms with E-state index in [2.05, 4.69) is 5.32 Å². The Balaban J connectivity index is 2.49. The molecule has 0 saturated carbocycles. The molecule has 1 amide bonds. The Kier molecular flexibility index (Phi) is 6.56. The molecule has 1 unspecified atom stereocenters. The summed E-state index contributed by atoms with van der Waals surface area (Å²) in [6.07, 6.45) is 0.866. The maximum Gasteiger partial charge on any atom is 0.323 e. The summed E-state index contributed by atoms with van der Waals surface area (Å²) in [5.41, 5.74) is 0. The summed E-state index contributed by atoms with van der Waals surface area (Å²) in [6, 6.07) is 0. The van der Waals surface area contributed by atoms with Gasteiger partial charge in [-0.3, -0.25) is 14.5 Å². The Hall–Kier alpha value is -1.19. The zero-order valence-electron chi connectivity index (χ0n) is 12.4. The van der Waals surface area contributed by atoms with Crippen molar-refractivity contribution in [3.05, 3.63) is 0 Å². The molecule has 1 aliphatic rings. The van der Waals surface area contributed by atoms with Crippen LogP contribution >= 0.6 is 0 Å². The highest BCUT2D eigenvalue weighted by Gasteiger charge is 2.35. The predicted molar refractivity (Wildman–Crippen MR) is 77.3 cm³/mol. The fraction of sp³-hybridized carbons (Fsp3) is 0.833. The van der Waals surface area contributed by atoms with Gasteiger partial charge in [0.15, 0.2) is 5.25 Å². The summed E-state index contributed by atoms with van der Waals surface area (Å²) >= 11 is 0. The average Bonchev–Trinajstić information content (AvgIpc) is 2.44. The van der Waals surface area contributed by atoms with Crippen LogP contribution in [0.2, 0.25) is 0 Å². The number of rotatable bonds is 7. The molecule has 0 aromatic rings. The zero-order chi connectivity index (χ0) is 16.0. The first-order valence-corrected chi connectivity index (χ1v) is 8.50. The van der Waals surface area contributed by atoms with Gasteiger partial charge in [0.25, 0.3) is 0 Å². The van der Waals surface area contributed by atoms with E-state index in [1.165, 1.54) is 11.2 Å². The van der Waals surface area contributed by atoms with Crippen LogP contribution in [0.4, 0.5) is 0 Å². The number of carbonyl (C=O) groups excluding carboxylic acids is 1. The lowest BCUT2D eigenvalue weighted by Crippen LogP contribution is -2.53. The number of hydrogen-bond donors (Lipinski definition) is 2. The van der Waals surface area contributed by atoms with Crippen LogP contribution in [0.15, 0.2) is 0 Å². The lowest BCUT2D eigenvalue weighted by molar-refractivity contribution is -0.136. The van der Waals surface area contributed by atoms with Gasteiger partial charge in [0, 0.05) is 32.7 Å². The third-order valence-corrected chi connectivity index (χ3v) is 5.61. The van der Waals surface area contributed by atoms with Gasteiger partial charge in [0.1, 0.15) is 0 Å². The molecule has 1 fully saturated rings. The van der Waals surface area contributed by atoms with Gasteiger partial charge >= 0.3 is 5.97 Å². The van der Waals surface area contributed by atoms with Crippen LogP contribution in [0.3, 0.4) is 0 Å². The monoisotopic (exact) mass is 321 g/mol. The molecule has 2 N–H and O–H groups in total. The Morgan fingerprint density at radius 1 is 1.24 bits per heavy atom. The molecule has 0 aliphatic carbocycles. The summed E-state index contributed by atoms with van der Waals surface area (Å²) in [5, 5.41) is 10.1. The van der Waals surface area contributed by atoms with Gasteiger partial charge in [-0.25, -0.2) is 8.42 Å². The van der Waals surface area contributed by atoms with E-state index in [0.717, 1.165) is 6.42 Å². The first-order chi connectivity index (χ1) is 9.78. The van der Waals surface area contributed by atoms with Gasteiger partial charge in [0.2, 0.25) is 15.9 Å². The van der Waals surface area contributed by atoms with Crippen LogP contribution in [0, 0.1) is 0 Å². The lowest BCUT2D eigenvalue weighted by Gasteiger charge is -2.34. The third-order valence-electron chi connectivity index (χ3n) is 3.43. The van der Waals surface area contributed by atoms with E-state index >= 15 is 0 Å². The maximum absolute atomic E-state index is 12.0. The highest BCUT2D eigenvalue weighted by Crippen LogP contribution is 2.12. The second-order valence-corrected chi connectivity index (χ2v) is 7.30. The van der Waals surface area contributed by atoms with Crippen LogP contribution < -0.4 is 5.32 Å². The van der Waals surface area contributed by atoms with Gasteiger partial charge in [-0.2, -0.15) is 4.31 Å². The number of carboxylic acid groups (broad SMARTS) is 1. The maximum atomic E-state index is 12.0. The number of aliphatic carboxylic acids is 1. The quantitative estimate of drug-likeness (QED) is 0.618. The zero-order valence-corrected chi connectivity index (χ0v) is 13.2. The molecule has 9 heteroatoms. The topological polar surface area (TPSA) is 107 Å². The van der Waals surface area contributed by atoms with Gasteiger partial charge in [0.05, 0.1) is 6.54 Å². The molecule has 1 atom stereocenters. The van der Waals surface area contributed by atoms with E-state index in [4.69, 9.17) is 5.11 Å². The Morgan fingerprint density at radius 2 is 1.81 bits per heavy atom. The van der Waals surface area contributed by atoms with E-state index < -0.39 is 21.2 Å². The van der Waals surface area contributed by atoms with Crippen LogP contribution in [0.5, 0.6) is 0 Å². The van der Waals surface area contributed by atoms with Crippen molar-refractivity contribution < 1.29 is 23.1 Å². The van der Waals surface area contributed by atoms with E-state index in [1.807, 2.05) is 11.8 Å². The molecular weight excluding hydrogens is 298 g/mol. The number of nitrogens with zero attached hydrogens (tertiary/aromatic N) is 2. The molecule has 21 heavy (non-hydrogen) atoms. The number of piperazine rings is 1. The van der Waals surface area contributed by atoms with Crippen LogP contribution in [-0.4, -0.2) is 79.1 Å². The molecule has 0 bridgehead atoms. The van der Waals surface area contributed by atoms with Crippen molar-refractivity contribution in [1.82, 2.24) is 14.5 Å². The number of sulfonamides is 1. The highest BCUT2D eigenvalue weighted by molar-refractivity contribution is 7.90. The molecule has 1 heterocycles. The summed E-state index contributed by atoms with van der Waals surface area (Å²) in [7, 11) is -3.82. The van der Waals surface area contributed by atoms with E-state index in [9.17, 15) is 18.0 Å². The first-order valence-electron chi connectivity index (χ1n) is 6.99. The van der Waals surface area contributed by atoms with Crippen LogP contribution in [-0.2, 0) is 19.6 Å². The van der Waals surface area contributed by atoms with Gasteiger partial charge in [-0.15, -0.1) is 0 Å². The minimum atomic E-state index is -3.82. The minimum Gasteiger partial charge on any atom is -0.480 e. The van der Waals surface area contributed by atoms with Gasteiger partial charge in [-0.05, 0) is 13.3 Å². The Labute approximate surface area is 125 Å². The standard InChI is InChI=1S/C12H23N3O5S/c1-3-4-13-11(16)9-14-5-7-15(8-6-14)21(19,20)10(2)12(17)18/h10H,3-9H2,1-2H3,(H,13,16)(H,17,18). The predicted octanol–water partition coefficient (Wildman–Crippen LogP) is -1.07. The Bertz CT molecular complexity index is 471. The molecule has 0 radical (unpaired) electrons. The third kappa shape index (κ3) is 4.94. The van der Waals surface area contributed by atoms with E-state index in [0.29, 0.717) is 19.6 Å². The second kappa shape index (κ2) is 7.71. The molecule has 1 aliphatic heterocycles. The fourth-order valence-electron chi connectivity index (χ4n) is 2.02. The van der Waals surface area contributed by atoms with Crippen molar-refractivity contribution in [3.8, 4) is 0 Å². The van der Waals surface area contributed by atoms with E-state index in [-0.39, 0.29) is 25.5 Å². The SMILES string of the molecule is CCCNC(=O)CN1CCN(S(=O)(=O)C(C)C(=O)O)CC1. The van der Waals surface area contributed by atoms with Crippen molar-refractivity contribution in [2.24, 2.45) is 0 Å². The number of carboxylic acids is 1. The molecule has 8 nitrogen and oxygen atoms in total. The van der Waals surface area contributed by atoms with Crippen molar-refractivity contribution in [2.45, 2.75) is 25.5 Å². The van der Waals surface area contributed by atoms with Crippen molar-refractivity contribution in [1.29, 1.82) is 0 Å². The van der Waals surface area contributed by atoms with Crippen molar-refractivity contribution in [3.63, 3.8) is 0 Å². The molecule has 122 valence electrons. The first kappa shape index (κ1) is 17.9. The van der Waals surface area contributed by atoms with Crippen LogP contribution in [0.25, 0.3) is 0 Å². The normalized spacial score (nSPS) is 19.1. The molecule has 0 spiro atoms. The van der Waals surface area contributed by atoms with Crippen molar-refractivity contribution in [2.75, 3.05) is 39.3 Å². The summed E-state index contributed by atoms with van der Waals surface area (Å²) in [4.78, 5) is 24.3. The highest BCUT2D eigenvalue weighted by atomic mass is 32.2. The Morgan fingerprint density at radius 3 is 2.29 bits per heavy atom. The molecule has 1 saturated heterocycles. The number of carbonyl (C=O) groups is 2. The summed E-state index contributed by atoms with van der Waals surface area (Å²) in [5.74, 6) is -1.43. The largest absolute Gasteiger partial charge is 0.480 e. The average molecular weight is 321 g/mol.